The summed E-state index contributed by atoms with van der Waals surface area (Å²) < 4.78 is 22.4. The van der Waals surface area contributed by atoms with Gasteiger partial charge in [0.25, 0.3) is 0 Å². The van der Waals surface area contributed by atoms with Gasteiger partial charge in [-0.25, -0.2) is 9.59 Å². The Labute approximate surface area is 202 Å². The molecule has 0 spiro atoms. The predicted octanol–water partition coefficient (Wildman–Crippen LogP) is 4.69. The summed E-state index contributed by atoms with van der Waals surface area (Å²) in [6.45, 7) is 10.6. The fourth-order valence-corrected chi connectivity index (χ4v) is 5.34. The molecule has 2 atom stereocenters. The van der Waals surface area contributed by atoms with Gasteiger partial charge in [0.05, 0.1) is 31.1 Å². The monoisotopic (exact) mass is 486 g/mol. The largest absolute Gasteiger partial charge is 0.546 e. The molecule has 3 aliphatic carbocycles. The van der Waals surface area contributed by atoms with Crippen LogP contribution in [-0.4, -0.2) is 40.4 Å². The summed E-state index contributed by atoms with van der Waals surface area (Å²) >= 11 is 0. The number of rotatable bonds is 7. The standard InChI is InChI=1S/C26H34O7Si/c1-25(2,3)34(6,7)33-19-15-26(24(29)32-16-17-11-9-8-10-12-17)14-13-18(19)20(22(27)30-4)21(26)23(28)31-5/h8-12,15,18H,13-14,16H2,1-7H3/t18-,26-/m0/s1. The number of carbonyl (C=O) groups is 3. The Bertz CT molecular complexity index is 1030. The average molecular weight is 487 g/mol. The van der Waals surface area contributed by atoms with Crippen LogP contribution in [0.1, 0.15) is 39.2 Å². The number of hydrogen-bond donors (Lipinski definition) is 0. The Morgan fingerprint density at radius 2 is 1.65 bits per heavy atom. The topological polar surface area (TPSA) is 88.1 Å². The van der Waals surface area contributed by atoms with Crippen molar-refractivity contribution >= 4 is 26.2 Å². The van der Waals surface area contributed by atoms with E-state index in [2.05, 4.69) is 33.9 Å². The van der Waals surface area contributed by atoms with Crippen LogP contribution in [0.15, 0.2) is 53.3 Å². The molecule has 0 fully saturated rings. The number of benzene rings is 1. The minimum atomic E-state index is -2.31. The number of esters is 3. The van der Waals surface area contributed by atoms with Crippen LogP contribution in [0.4, 0.5) is 0 Å². The lowest BCUT2D eigenvalue weighted by Gasteiger charge is -2.47. The molecule has 1 aromatic rings. The van der Waals surface area contributed by atoms with Crippen molar-refractivity contribution in [1.82, 2.24) is 0 Å². The molecule has 0 aromatic heterocycles. The van der Waals surface area contributed by atoms with E-state index < -0.39 is 37.6 Å². The molecule has 8 heteroatoms. The molecule has 3 aliphatic rings. The van der Waals surface area contributed by atoms with E-state index in [9.17, 15) is 14.4 Å². The van der Waals surface area contributed by atoms with Crippen LogP contribution in [0, 0.1) is 11.3 Å². The average Bonchev–Trinajstić information content (AvgIpc) is 2.80. The second-order valence-electron chi connectivity index (χ2n) is 10.3. The highest BCUT2D eigenvalue weighted by atomic mass is 28.4. The molecule has 0 N–H and O–H groups in total. The SMILES string of the molecule is COC(=O)C1=C(C(=O)OC)[C@@]2(C(=O)OCc3ccccc3)C=C(O[Si](C)(C)C(C)(C)C)[C@@H]1CC2. The van der Waals surface area contributed by atoms with Gasteiger partial charge in [-0.15, -0.1) is 0 Å². The van der Waals surface area contributed by atoms with Gasteiger partial charge in [-0.3, -0.25) is 4.79 Å². The maximum absolute atomic E-state index is 13.6. The normalized spacial score (nSPS) is 22.1. The number of allylic oxidation sites excluding steroid dienone is 1. The number of hydrogen-bond acceptors (Lipinski definition) is 7. The van der Waals surface area contributed by atoms with Crippen LogP contribution >= 0.6 is 0 Å². The van der Waals surface area contributed by atoms with Crippen LogP contribution in [0.5, 0.6) is 0 Å². The molecule has 34 heavy (non-hydrogen) atoms. The van der Waals surface area contributed by atoms with E-state index in [1.807, 2.05) is 30.3 Å². The number of ether oxygens (including phenoxy) is 3. The van der Waals surface area contributed by atoms with Gasteiger partial charge in [0.1, 0.15) is 12.0 Å². The molecule has 0 saturated heterocycles. The van der Waals surface area contributed by atoms with Crippen LogP contribution in [0.2, 0.25) is 18.1 Å². The summed E-state index contributed by atoms with van der Waals surface area (Å²) in [7, 11) is 0.171. The summed E-state index contributed by atoms with van der Waals surface area (Å²) in [4.78, 5) is 39.5. The third-order valence-electron chi connectivity index (χ3n) is 7.17. The van der Waals surface area contributed by atoms with Crippen molar-refractivity contribution in [3.63, 3.8) is 0 Å². The van der Waals surface area contributed by atoms with Crippen molar-refractivity contribution in [2.45, 2.75) is 58.4 Å². The first-order valence-electron chi connectivity index (χ1n) is 11.4. The molecular formula is C26H34O7Si. The molecule has 7 nitrogen and oxygen atoms in total. The van der Waals surface area contributed by atoms with Gasteiger partial charge in [-0.1, -0.05) is 51.1 Å². The third-order valence-corrected chi connectivity index (χ3v) is 11.5. The van der Waals surface area contributed by atoms with E-state index in [4.69, 9.17) is 18.6 Å². The van der Waals surface area contributed by atoms with E-state index in [1.165, 1.54) is 14.2 Å². The Morgan fingerprint density at radius 1 is 1.03 bits per heavy atom. The van der Waals surface area contributed by atoms with Crippen molar-refractivity contribution in [2.24, 2.45) is 11.3 Å². The maximum atomic E-state index is 13.6. The van der Waals surface area contributed by atoms with Crippen LogP contribution in [0.3, 0.4) is 0 Å². The van der Waals surface area contributed by atoms with Gasteiger partial charge < -0.3 is 18.6 Å². The molecule has 0 unspecified atom stereocenters. The number of carbonyl (C=O) groups excluding carboxylic acids is 3. The molecule has 184 valence electrons. The minimum Gasteiger partial charge on any atom is -0.546 e. The van der Waals surface area contributed by atoms with Gasteiger partial charge in [-0.05, 0) is 42.6 Å². The lowest BCUT2D eigenvalue weighted by Crippen LogP contribution is -2.49. The minimum absolute atomic E-state index is 0.0151. The van der Waals surface area contributed by atoms with Gasteiger partial charge >= 0.3 is 17.9 Å². The Morgan fingerprint density at radius 3 is 2.21 bits per heavy atom. The summed E-state index contributed by atoms with van der Waals surface area (Å²) in [5.41, 5.74) is -0.569. The smallest absolute Gasteiger partial charge is 0.335 e. The molecule has 0 aliphatic heterocycles. The van der Waals surface area contributed by atoms with E-state index in [0.717, 1.165) is 5.56 Å². The first kappa shape index (κ1) is 25.7. The Kier molecular flexibility index (Phi) is 7.12. The molecule has 0 amide bonds. The molecule has 2 bridgehead atoms. The fourth-order valence-electron chi connectivity index (χ4n) is 4.24. The van der Waals surface area contributed by atoms with Crippen molar-refractivity contribution in [1.29, 1.82) is 0 Å². The Balaban J connectivity index is 2.11. The zero-order chi connectivity index (χ0) is 25.3. The highest BCUT2D eigenvalue weighted by Gasteiger charge is 2.58. The van der Waals surface area contributed by atoms with Crippen LogP contribution < -0.4 is 0 Å². The Hall–Kier alpha value is -2.87. The van der Waals surface area contributed by atoms with E-state index in [0.29, 0.717) is 18.6 Å². The van der Waals surface area contributed by atoms with Crippen molar-refractivity contribution < 1.29 is 33.0 Å². The van der Waals surface area contributed by atoms with Gasteiger partial charge in [0, 0.05) is 5.92 Å². The molecule has 0 heterocycles. The van der Waals surface area contributed by atoms with Gasteiger partial charge in [0.2, 0.25) is 8.32 Å². The van der Waals surface area contributed by atoms with E-state index in [1.54, 1.807) is 6.08 Å². The highest BCUT2D eigenvalue weighted by Crippen LogP contribution is 2.55. The summed E-state index contributed by atoms with van der Waals surface area (Å²) in [5.74, 6) is -1.99. The molecule has 0 radical (unpaired) electrons. The van der Waals surface area contributed by atoms with Crippen molar-refractivity contribution in [2.75, 3.05) is 14.2 Å². The summed E-state index contributed by atoms with van der Waals surface area (Å²) in [5, 5.41) is -0.105. The van der Waals surface area contributed by atoms with Crippen LogP contribution in [-0.2, 0) is 39.6 Å². The second-order valence-corrected chi connectivity index (χ2v) is 15.0. The summed E-state index contributed by atoms with van der Waals surface area (Å²) in [6, 6.07) is 9.28. The lowest BCUT2D eigenvalue weighted by molar-refractivity contribution is -0.157. The fraction of sp³-hybridized carbons (Fsp3) is 0.500. The molecule has 0 saturated carbocycles. The number of methoxy groups -OCH3 is 2. The highest BCUT2D eigenvalue weighted by molar-refractivity contribution is 6.74. The van der Waals surface area contributed by atoms with Gasteiger partial charge in [-0.2, -0.15) is 0 Å². The second kappa shape index (κ2) is 9.41. The third kappa shape index (κ3) is 4.55. The van der Waals surface area contributed by atoms with Crippen LogP contribution in [0.25, 0.3) is 0 Å². The van der Waals surface area contributed by atoms with E-state index in [-0.39, 0.29) is 22.8 Å². The maximum Gasteiger partial charge on any atom is 0.335 e. The lowest BCUT2D eigenvalue weighted by atomic mass is 9.61. The van der Waals surface area contributed by atoms with E-state index >= 15 is 0 Å². The first-order valence-corrected chi connectivity index (χ1v) is 14.3. The quantitative estimate of drug-likeness (QED) is 0.314. The molecular weight excluding hydrogens is 452 g/mol. The summed E-state index contributed by atoms with van der Waals surface area (Å²) in [6.07, 6.45) is 2.44. The van der Waals surface area contributed by atoms with Crippen molar-refractivity contribution in [3.05, 3.63) is 58.9 Å². The molecule has 1 aromatic carbocycles. The zero-order valence-electron chi connectivity index (χ0n) is 21.0. The zero-order valence-corrected chi connectivity index (χ0v) is 22.0. The van der Waals surface area contributed by atoms with Gasteiger partial charge in [0.15, 0.2) is 0 Å². The first-order chi connectivity index (χ1) is 15.9. The molecule has 4 rings (SSSR count). The number of fused-ring (bicyclic) bond motifs is 1. The van der Waals surface area contributed by atoms with Crippen molar-refractivity contribution in [3.8, 4) is 0 Å². The predicted molar refractivity (Wildman–Crippen MR) is 129 cm³/mol.